The molecule has 0 amide bonds. The Hall–Kier alpha value is -3.43. The van der Waals surface area contributed by atoms with E-state index >= 15 is 0 Å². The molecule has 0 spiro atoms. The molecule has 2 aromatic carbocycles. The predicted molar refractivity (Wildman–Crippen MR) is 127 cm³/mol. The summed E-state index contributed by atoms with van der Waals surface area (Å²) in [4.78, 5) is 26.4. The van der Waals surface area contributed by atoms with Crippen LogP contribution in [0.2, 0.25) is 0 Å². The van der Waals surface area contributed by atoms with Crippen molar-refractivity contribution in [2.75, 3.05) is 13.7 Å². The van der Waals surface area contributed by atoms with Gasteiger partial charge in [0.25, 0.3) is 5.56 Å². The number of hydrogen-bond acceptors (Lipinski definition) is 5. The minimum absolute atomic E-state index is 0.0455. The zero-order chi connectivity index (χ0) is 26.6. The second-order valence-corrected chi connectivity index (χ2v) is 8.57. The molecule has 0 saturated heterocycles. The Balaban J connectivity index is 2.12. The highest BCUT2D eigenvalue weighted by molar-refractivity contribution is 9.10. The van der Waals surface area contributed by atoms with Crippen LogP contribution in [0.3, 0.4) is 0 Å². The van der Waals surface area contributed by atoms with Gasteiger partial charge in [-0.15, -0.1) is 0 Å². The van der Waals surface area contributed by atoms with Gasteiger partial charge in [-0.25, -0.2) is 9.18 Å². The molecule has 12 heteroatoms. The van der Waals surface area contributed by atoms with Crippen LogP contribution < -0.4 is 21.3 Å². The summed E-state index contributed by atoms with van der Waals surface area (Å²) in [6.45, 7) is 0.201. The lowest BCUT2D eigenvalue weighted by Gasteiger charge is -2.22. The van der Waals surface area contributed by atoms with Crippen LogP contribution in [0.4, 0.5) is 17.6 Å². The molecule has 0 aliphatic carbocycles. The Morgan fingerprint density at radius 2 is 1.83 bits per heavy atom. The van der Waals surface area contributed by atoms with Gasteiger partial charge in [0.2, 0.25) is 0 Å². The quantitative estimate of drug-likeness (QED) is 0.412. The normalized spacial score (nSPS) is 12.3. The largest absolute Gasteiger partial charge is 0.478 e. The van der Waals surface area contributed by atoms with Crippen molar-refractivity contribution in [3.05, 3.63) is 96.0 Å². The van der Waals surface area contributed by atoms with Crippen molar-refractivity contribution in [2.45, 2.75) is 32.2 Å². The van der Waals surface area contributed by atoms with Crippen molar-refractivity contribution < 1.29 is 22.3 Å². The summed E-state index contributed by atoms with van der Waals surface area (Å²) in [5.41, 5.74) is -2.93. The van der Waals surface area contributed by atoms with Crippen LogP contribution in [0, 0.1) is 24.1 Å². The number of halogens is 5. The van der Waals surface area contributed by atoms with Crippen molar-refractivity contribution in [2.24, 2.45) is 0 Å². The van der Waals surface area contributed by atoms with E-state index in [0.717, 1.165) is 27.3 Å². The summed E-state index contributed by atoms with van der Waals surface area (Å²) in [5.74, 6) is -0.763. The van der Waals surface area contributed by atoms with Gasteiger partial charge in [0.1, 0.15) is 22.1 Å². The number of rotatable bonds is 8. The number of ether oxygens (including phenoxy) is 1. The van der Waals surface area contributed by atoms with Crippen molar-refractivity contribution in [3.8, 4) is 11.8 Å². The molecule has 0 aliphatic rings. The molecular formula is C24H21BrF4N4O3. The van der Waals surface area contributed by atoms with E-state index in [-0.39, 0.29) is 23.3 Å². The molecule has 0 saturated carbocycles. The molecule has 1 atom stereocenters. The molecule has 1 aromatic heterocycles. The minimum Gasteiger partial charge on any atom is -0.478 e. The van der Waals surface area contributed by atoms with Crippen molar-refractivity contribution in [1.29, 1.82) is 5.26 Å². The van der Waals surface area contributed by atoms with E-state index in [1.54, 1.807) is 31.3 Å². The number of para-hydroxylation sites is 1. The average Bonchev–Trinajstić information content (AvgIpc) is 2.84. The monoisotopic (exact) mass is 568 g/mol. The van der Waals surface area contributed by atoms with Crippen LogP contribution in [0.15, 0.2) is 56.5 Å². The van der Waals surface area contributed by atoms with E-state index in [1.165, 1.54) is 6.92 Å². The predicted octanol–water partition coefficient (Wildman–Crippen LogP) is 4.15. The Morgan fingerprint density at radius 1 is 1.14 bits per heavy atom. The highest BCUT2D eigenvalue weighted by Crippen LogP contribution is 2.33. The maximum atomic E-state index is 14.5. The number of hydrogen-bond donors (Lipinski definition) is 1. The summed E-state index contributed by atoms with van der Waals surface area (Å²) >= 11 is 3.13. The second kappa shape index (κ2) is 11.1. The molecule has 190 valence electrons. The van der Waals surface area contributed by atoms with Gasteiger partial charge in [-0.2, -0.15) is 18.4 Å². The van der Waals surface area contributed by atoms with E-state index in [9.17, 15) is 27.2 Å². The Kier molecular flexibility index (Phi) is 8.37. The number of alkyl halides is 3. The first kappa shape index (κ1) is 27.2. The van der Waals surface area contributed by atoms with E-state index in [1.807, 2.05) is 6.07 Å². The van der Waals surface area contributed by atoms with E-state index in [0.29, 0.717) is 11.3 Å². The highest BCUT2D eigenvalue weighted by atomic mass is 79.9. The molecular weight excluding hydrogens is 548 g/mol. The van der Waals surface area contributed by atoms with Crippen LogP contribution in [0.25, 0.3) is 0 Å². The number of benzene rings is 2. The number of nitriles is 1. The fraction of sp³-hybridized carbons (Fsp3) is 0.292. The molecule has 3 aromatic rings. The lowest BCUT2D eigenvalue weighted by molar-refractivity contribution is -0.138. The Bertz CT molecular complexity index is 1430. The van der Waals surface area contributed by atoms with Crippen LogP contribution in [-0.4, -0.2) is 22.8 Å². The average molecular weight is 569 g/mol. The molecule has 0 radical (unpaired) electrons. The fourth-order valence-corrected chi connectivity index (χ4v) is 4.22. The third-order valence-corrected chi connectivity index (χ3v) is 6.57. The molecule has 0 fully saturated rings. The van der Waals surface area contributed by atoms with Gasteiger partial charge in [-0.05, 0) is 48.1 Å². The zero-order valence-corrected chi connectivity index (χ0v) is 20.8. The van der Waals surface area contributed by atoms with Crippen molar-refractivity contribution in [3.63, 3.8) is 0 Å². The van der Waals surface area contributed by atoms with E-state index < -0.39 is 47.0 Å². The summed E-state index contributed by atoms with van der Waals surface area (Å²) in [7, 11) is 1.59. The van der Waals surface area contributed by atoms with Crippen LogP contribution in [-0.2, 0) is 19.3 Å². The maximum absolute atomic E-state index is 14.5. The topological polar surface area (TPSA) is 89.1 Å². The standard InChI is InChI=1S/C24H21BrF4N4O3/c1-14-21(25)22(34)33(13-19(31-2)15-6-3-4-9-20(15)36-11-10-30)23(35)32(14)12-16-17(24(27,28)29)7-5-8-18(16)26/h3-9,19,31H,11-13H2,1-2H3. The highest BCUT2D eigenvalue weighted by Gasteiger charge is 2.35. The first-order chi connectivity index (χ1) is 17.0. The first-order valence-electron chi connectivity index (χ1n) is 10.6. The third-order valence-electron chi connectivity index (χ3n) is 5.66. The lowest BCUT2D eigenvalue weighted by Crippen LogP contribution is -2.44. The summed E-state index contributed by atoms with van der Waals surface area (Å²) in [6.07, 6.45) is -4.84. The van der Waals surface area contributed by atoms with Gasteiger partial charge in [-0.1, -0.05) is 24.3 Å². The van der Waals surface area contributed by atoms with Gasteiger partial charge >= 0.3 is 11.9 Å². The molecule has 0 bridgehead atoms. The summed E-state index contributed by atoms with van der Waals surface area (Å²) in [5, 5.41) is 11.8. The van der Waals surface area contributed by atoms with E-state index in [4.69, 9.17) is 10.00 Å². The van der Waals surface area contributed by atoms with Crippen molar-refractivity contribution >= 4 is 15.9 Å². The molecule has 1 N–H and O–H groups in total. The number of likely N-dealkylation sites (N-methyl/N-ethyl adjacent to an activating group) is 1. The third kappa shape index (κ3) is 5.52. The minimum atomic E-state index is -4.84. The molecule has 3 rings (SSSR count). The Labute approximate surface area is 211 Å². The van der Waals surface area contributed by atoms with Crippen molar-refractivity contribution in [1.82, 2.24) is 14.5 Å². The molecule has 1 unspecified atom stereocenters. The summed E-state index contributed by atoms with van der Waals surface area (Å²) < 4.78 is 62.3. The van der Waals surface area contributed by atoms with Crippen LogP contribution >= 0.6 is 15.9 Å². The van der Waals surface area contributed by atoms with E-state index in [2.05, 4.69) is 21.2 Å². The zero-order valence-electron chi connectivity index (χ0n) is 19.2. The lowest BCUT2D eigenvalue weighted by atomic mass is 10.1. The second-order valence-electron chi connectivity index (χ2n) is 7.77. The smallest absolute Gasteiger partial charge is 0.416 e. The fourth-order valence-electron chi connectivity index (χ4n) is 3.80. The van der Waals surface area contributed by atoms with Gasteiger partial charge in [0, 0.05) is 16.8 Å². The maximum Gasteiger partial charge on any atom is 0.416 e. The van der Waals surface area contributed by atoms with Crippen LogP contribution in [0.1, 0.15) is 28.4 Å². The SMILES string of the molecule is CNC(Cn1c(=O)c(Br)c(C)n(Cc2c(F)cccc2C(F)(F)F)c1=O)c1ccccc1OCC#N. The van der Waals surface area contributed by atoms with Gasteiger partial charge in [0.05, 0.1) is 24.7 Å². The van der Waals surface area contributed by atoms with Gasteiger partial charge in [-0.3, -0.25) is 13.9 Å². The molecule has 1 heterocycles. The number of nitrogens with one attached hydrogen (secondary N) is 1. The molecule has 36 heavy (non-hydrogen) atoms. The number of aromatic nitrogens is 2. The first-order valence-corrected chi connectivity index (χ1v) is 11.4. The summed E-state index contributed by atoms with van der Waals surface area (Å²) in [6, 6.07) is 10.5. The number of nitrogens with zero attached hydrogens (tertiary/aromatic N) is 3. The molecule has 0 aliphatic heterocycles. The van der Waals surface area contributed by atoms with Crippen LogP contribution in [0.5, 0.6) is 5.75 Å². The van der Waals surface area contributed by atoms with Gasteiger partial charge < -0.3 is 10.1 Å². The molecule has 7 nitrogen and oxygen atoms in total. The Morgan fingerprint density at radius 3 is 2.47 bits per heavy atom. The van der Waals surface area contributed by atoms with Gasteiger partial charge in [0.15, 0.2) is 6.61 Å².